The van der Waals surface area contributed by atoms with Crippen LogP contribution in [0.25, 0.3) is 0 Å². The van der Waals surface area contributed by atoms with E-state index in [0.717, 1.165) is 16.2 Å². The van der Waals surface area contributed by atoms with Gasteiger partial charge in [0.25, 0.3) is 0 Å². The van der Waals surface area contributed by atoms with Crippen molar-refractivity contribution >= 4 is 27.4 Å². The van der Waals surface area contributed by atoms with E-state index in [1.54, 1.807) is 24.3 Å². The van der Waals surface area contributed by atoms with Gasteiger partial charge in [0.1, 0.15) is 0 Å². The van der Waals surface area contributed by atoms with Crippen molar-refractivity contribution in [1.29, 1.82) is 0 Å². The van der Waals surface area contributed by atoms with Crippen LogP contribution in [0.15, 0.2) is 24.3 Å². The minimum Gasteiger partial charge on any atom is -0.481 e. The lowest BCUT2D eigenvalue weighted by Crippen LogP contribution is -2.36. The number of benzene rings is 1. The molecule has 20 heavy (non-hydrogen) atoms. The van der Waals surface area contributed by atoms with E-state index in [0.29, 0.717) is 5.69 Å². The summed E-state index contributed by atoms with van der Waals surface area (Å²) < 4.78 is 24.8. The number of hydrogen-bond donors (Lipinski definition) is 1. The van der Waals surface area contributed by atoms with Crippen molar-refractivity contribution in [3.63, 3.8) is 0 Å². The first kappa shape index (κ1) is 16.3. The van der Waals surface area contributed by atoms with Gasteiger partial charge in [-0.3, -0.25) is 9.10 Å². The summed E-state index contributed by atoms with van der Waals surface area (Å²) >= 11 is 0. The lowest BCUT2D eigenvalue weighted by Gasteiger charge is -2.25. The number of carbonyl (C=O) groups is 1. The molecule has 1 rings (SSSR count). The molecule has 1 aromatic rings. The summed E-state index contributed by atoms with van der Waals surface area (Å²) in [4.78, 5) is 12.8. The number of rotatable bonds is 6. The molecule has 0 aliphatic heterocycles. The summed E-state index contributed by atoms with van der Waals surface area (Å²) in [5, 5.41) is 8.93. The van der Waals surface area contributed by atoms with E-state index in [4.69, 9.17) is 5.11 Å². The van der Waals surface area contributed by atoms with Gasteiger partial charge >= 0.3 is 5.97 Å². The average Bonchev–Trinajstić information content (AvgIpc) is 2.34. The largest absolute Gasteiger partial charge is 0.481 e. The SMILES string of the molecule is CC(CN(c1ccc(N(C)C)cc1)S(C)(=O)=O)C(=O)O. The second-order valence-corrected chi connectivity index (χ2v) is 6.85. The summed E-state index contributed by atoms with van der Waals surface area (Å²) in [7, 11) is 0.246. The molecule has 0 saturated carbocycles. The van der Waals surface area contributed by atoms with Crippen LogP contribution < -0.4 is 9.21 Å². The highest BCUT2D eigenvalue weighted by molar-refractivity contribution is 7.92. The lowest BCUT2D eigenvalue weighted by molar-refractivity contribution is -0.140. The molecule has 112 valence electrons. The van der Waals surface area contributed by atoms with Crippen LogP contribution in [0.1, 0.15) is 6.92 Å². The minimum absolute atomic E-state index is 0.0878. The highest BCUT2D eigenvalue weighted by Crippen LogP contribution is 2.22. The van der Waals surface area contributed by atoms with Crippen molar-refractivity contribution in [2.75, 3.05) is 36.1 Å². The second-order valence-electron chi connectivity index (χ2n) is 4.94. The monoisotopic (exact) mass is 300 g/mol. The quantitative estimate of drug-likeness (QED) is 0.855. The van der Waals surface area contributed by atoms with Gasteiger partial charge in [0, 0.05) is 26.3 Å². The number of carboxylic acids is 1. The Labute approximate surface area is 119 Å². The van der Waals surface area contributed by atoms with E-state index >= 15 is 0 Å². The van der Waals surface area contributed by atoms with Gasteiger partial charge in [0.05, 0.1) is 17.9 Å². The first-order chi connectivity index (χ1) is 9.12. The zero-order valence-electron chi connectivity index (χ0n) is 12.1. The molecule has 0 bridgehead atoms. The number of nitrogens with zero attached hydrogens (tertiary/aromatic N) is 2. The van der Waals surface area contributed by atoms with Crippen LogP contribution in [0, 0.1) is 5.92 Å². The Morgan fingerprint density at radius 1 is 1.20 bits per heavy atom. The molecule has 0 fully saturated rings. The van der Waals surface area contributed by atoms with E-state index in [1.165, 1.54) is 6.92 Å². The van der Waals surface area contributed by atoms with E-state index in [-0.39, 0.29) is 6.54 Å². The summed E-state index contributed by atoms with van der Waals surface area (Å²) in [6.45, 7) is 1.39. The summed E-state index contributed by atoms with van der Waals surface area (Å²) in [6.07, 6.45) is 1.07. The number of hydrogen-bond acceptors (Lipinski definition) is 4. The normalized spacial score (nSPS) is 12.8. The Bertz CT molecular complexity index is 567. The average molecular weight is 300 g/mol. The van der Waals surface area contributed by atoms with Gasteiger partial charge in [-0.25, -0.2) is 8.42 Å². The predicted octanol–water partition coefficient (Wildman–Crippen LogP) is 1.24. The second kappa shape index (κ2) is 6.13. The molecule has 0 spiro atoms. The van der Waals surface area contributed by atoms with Crippen LogP contribution in [0.2, 0.25) is 0 Å². The lowest BCUT2D eigenvalue weighted by atomic mass is 10.2. The molecule has 0 heterocycles. The van der Waals surface area contributed by atoms with Crippen molar-refractivity contribution in [2.45, 2.75) is 6.92 Å². The van der Waals surface area contributed by atoms with E-state index in [9.17, 15) is 13.2 Å². The Balaban J connectivity index is 3.09. The molecule has 1 atom stereocenters. The first-order valence-corrected chi connectivity index (χ1v) is 7.95. The van der Waals surface area contributed by atoms with E-state index in [2.05, 4.69) is 0 Å². The van der Waals surface area contributed by atoms with Crippen molar-refractivity contribution in [3.05, 3.63) is 24.3 Å². The van der Waals surface area contributed by atoms with Crippen LogP contribution >= 0.6 is 0 Å². The van der Waals surface area contributed by atoms with Crippen molar-refractivity contribution in [1.82, 2.24) is 0 Å². The standard InChI is InChI=1S/C13H20N2O4S/c1-10(13(16)17)9-15(20(4,18)19)12-7-5-11(6-8-12)14(2)3/h5-8,10H,9H2,1-4H3,(H,16,17). The van der Waals surface area contributed by atoms with Gasteiger partial charge in [0.2, 0.25) is 10.0 Å². The third-order valence-electron chi connectivity index (χ3n) is 2.92. The maximum atomic E-state index is 11.8. The fourth-order valence-electron chi connectivity index (χ4n) is 1.68. The minimum atomic E-state index is -3.52. The molecule has 1 N–H and O–H groups in total. The molecule has 1 unspecified atom stereocenters. The van der Waals surface area contributed by atoms with Gasteiger partial charge in [-0.1, -0.05) is 6.92 Å². The molecule has 0 radical (unpaired) electrons. The van der Waals surface area contributed by atoms with Crippen LogP contribution in [0.4, 0.5) is 11.4 Å². The molecule has 1 aromatic carbocycles. The Morgan fingerprint density at radius 3 is 2.00 bits per heavy atom. The van der Waals surface area contributed by atoms with Crippen LogP contribution in [0.5, 0.6) is 0 Å². The van der Waals surface area contributed by atoms with Gasteiger partial charge in [-0.05, 0) is 24.3 Å². The Hall–Kier alpha value is -1.76. The highest BCUT2D eigenvalue weighted by Gasteiger charge is 2.23. The maximum absolute atomic E-state index is 11.8. The molecule has 0 aliphatic rings. The smallest absolute Gasteiger partial charge is 0.308 e. The number of carboxylic acid groups (broad SMARTS) is 1. The van der Waals surface area contributed by atoms with E-state index in [1.807, 2.05) is 19.0 Å². The topological polar surface area (TPSA) is 77.9 Å². The van der Waals surface area contributed by atoms with Crippen molar-refractivity contribution < 1.29 is 18.3 Å². The Morgan fingerprint density at radius 2 is 1.65 bits per heavy atom. The third-order valence-corrected chi connectivity index (χ3v) is 4.08. The molecular formula is C13H20N2O4S. The van der Waals surface area contributed by atoms with Gasteiger partial charge in [-0.15, -0.1) is 0 Å². The molecule has 0 aliphatic carbocycles. The summed E-state index contributed by atoms with van der Waals surface area (Å²) in [5.41, 5.74) is 1.40. The third kappa shape index (κ3) is 4.12. The van der Waals surface area contributed by atoms with Crippen LogP contribution in [-0.2, 0) is 14.8 Å². The fourth-order valence-corrected chi connectivity index (χ4v) is 2.68. The van der Waals surface area contributed by atoms with Crippen LogP contribution in [-0.4, -0.2) is 46.4 Å². The zero-order valence-corrected chi connectivity index (χ0v) is 12.9. The summed E-state index contributed by atoms with van der Waals surface area (Å²) in [6, 6.07) is 6.92. The number of anilines is 2. The Kier molecular flexibility index (Phi) is 4.99. The molecule has 0 aromatic heterocycles. The van der Waals surface area contributed by atoms with Crippen molar-refractivity contribution in [2.24, 2.45) is 5.92 Å². The number of sulfonamides is 1. The van der Waals surface area contributed by atoms with Crippen molar-refractivity contribution in [3.8, 4) is 0 Å². The molecule has 7 heteroatoms. The summed E-state index contributed by atoms with van der Waals surface area (Å²) in [5.74, 6) is -1.80. The van der Waals surface area contributed by atoms with E-state index < -0.39 is 21.9 Å². The molecular weight excluding hydrogens is 280 g/mol. The maximum Gasteiger partial charge on any atom is 0.308 e. The van der Waals surface area contributed by atoms with Gasteiger partial charge in [-0.2, -0.15) is 0 Å². The van der Waals surface area contributed by atoms with Gasteiger partial charge in [0.15, 0.2) is 0 Å². The highest BCUT2D eigenvalue weighted by atomic mass is 32.2. The van der Waals surface area contributed by atoms with Gasteiger partial charge < -0.3 is 10.0 Å². The first-order valence-electron chi connectivity index (χ1n) is 6.11. The molecule has 0 amide bonds. The number of aliphatic carboxylic acids is 1. The molecule has 0 saturated heterocycles. The predicted molar refractivity (Wildman–Crippen MR) is 79.8 cm³/mol. The van der Waals surface area contributed by atoms with Crippen LogP contribution in [0.3, 0.4) is 0 Å². The fraction of sp³-hybridized carbons (Fsp3) is 0.462. The zero-order chi connectivity index (χ0) is 15.5. The molecule has 6 nitrogen and oxygen atoms in total.